The lowest BCUT2D eigenvalue weighted by Crippen LogP contribution is -2.44. The van der Waals surface area contributed by atoms with Gasteiger partial charge in [0.05, 0.1) is 0 Å². The molecule has 0 unspecified atom stereocenters. The molecule has 0 aromatic rings. The molecule has 0 bridgehead atoms. The first-order chi connectivity index (χ1) is 5.33. The first-order valence-electron chi connectivity index (χ1n) is 4.42. The second-order valence-corrected chi connectivity index (χ2v) is 3.41. The first kappa shape index (κ1) is 8.97. The molecule has 1 heterocycles. The van der Waals surface area contributed by atoms with Crippen LogP contribution in [-0.2, 0) is 0 Å². The molecule has 66 valence electrons. The van der Waals surface area contributed by atoms with Gasteiger partial charge in [0.2, 0.25) is 0 Å². The maximum atomic E-state index is 5.34. The van der Waals surface area contributed by atoms with E-state index in [0.717, 1.165) is 25.6 Å². The lowest BCUT2D eigenvalue weighted by Gasteiger charge is -2.36. The smallest absolute Gasteiger partial charge is 0.00745 e. The van der Waals surface area contributed by atoms with Crippen LogP contribution >= 0.6 is 0 Å². The van der Waals surface area contributed by atoms with E-state index in [4.69, 9.17) is 5.73 Å². The molecule has 1 fully saturated rings. The quantitative estimate of drug-likeness (QED) is 0.528. The summed E-state index contributed by atoms with van der Waals surface area (Å²) in [5.41, 5.74) is 5.34. The summed E-state index contributed by atoms with van der Waals surface area (Å²) in [7, 11) is 2.17. The van der Waals surface area contributed by atoms with Crippen LogP contribution in [0.3, 0.4) is 0 Å². The highest BCUT2D eigenvalue weighted by atomic mass is 15.2. The summed E-state index contributed by atoms with van der Waals surface area (Å²) >= 11 is 0. The van der Waals surface area contributed by atoms with E-state index in [1.807, 2.05) is 0 Å². The van der Waals surface area contributed by atoms with Crippen molar-refractivity contribution in [2.24, 2.45) is 11.7 Å². The third kappa shape index (κ3) is 3.18. The van der Waals surface area contributed by atoms with Gasteiger partial charge in [-0.25, -0.2) is 0 Å². The maximum absolute atomic E-state index is 5.34. The molecule has 0 spiro atoms. The lowest BCUT2D eigenvalue weighted by molar-refractivity contribution is 0.127. The van der Waals surface area contributed by atoms with Gasteiger partial charge >= 0.3 is 0 Å². The van der Waals surface area contributed by atoms with Crippen molar-refractivity contribution in [3.8, 4) is 0 Å². The van der Waals surface area contributed by atoms with Gasteiger partial charge in [0.15, 0.2) is 0 Å². The molecule has 1 aliphatic rings. The molecule has 1 rings (SSSR count). The van der Waals surface area contributed by atoms with Crippen molar-refractivity contribution in [1.29, 1.82) is 0 Å². The van der Waals surface area contributed by atoms with E-state index in [9.17, 15) is 0 Å². The molecule has 0 radical (unpaired) electrons. The van der Waals surface area contributed by atoms with Crippen molar-refractivity contribution >= 4 is 0 Å². The first-order valence-corrected chi connectivity index (χ1v) is 4.42. The Bertz CT molecular complexity index is 99.5. The summed E-state index contributed by atoms with van der Waals surface area (Å²) in [6, 6.07) is 0. The number of nitrogens with two attached hydrogens (primary N) is 1. The van der Waals surface area contributed by atoms with Gasteiger partial charge in [-0.1, -0.05) is 0 Å². The lowest BCUT2D eigenvalue weighted by atomic mass is 9.97. The summed E-state index contributed by atoms with van der Waals surface area (Å²) < 4.78 is 0. The van der Waals surface area contributed by atoms with E-state index in [0.29, 0.717) is 0 Å². The van der Waals surface area contributed by atoms with Crippen LogP contribution in [0.25, 0.3) is 0 Å². The number of likely N-dealkylation sites (tertiary alicyclic amines) is 1. The number of nitrogens with zero attached hydrogens (tertiary/aromatic N) is 1. The van der Waals surface area contributed by atoms with Crippen LogP contribution in [0.4, 0.5) is 0 Å². The Morgan fingerprint density at radius 2 is 2.18 bits per heavy atom. The van der Waals surface area contributed by atoms with Crippen LogP contribution in [0.2, 0.25) is 0 Å². The van der Waals surface area contributed by atoms with Gasteiger partial charge in [-0.2, -0.15) is 0 Å². The average Bonchev–Trinajstić information content (AvgIpc) is 1.94. The van der Waals surface area contributed by atoms with Gasteiger partial charge < -0.3 is 16.0 Å². The topological polar surface area (TPSA) is 41.3 Å². The van der Waals surface area contributed by atoms with Crippen LogP contribution in [0, 0.1) is 5.92 Å². The standard InChI is InChI=1S/C8H19N3/c1-11-6-8(7-11)2-4-10-5-3-9/h8,10H,2-7,9H2,1H3. The van der Waals surface area contributed by atoms with Gasteiger partial charge in [0.1, 0.15) is 0 Å². The van der Waals surface area contributed by atoms with Crippen LogP contribution in [0.1, 0.15) is 6.42 Å². The number of hydrogen-bond acceptors (Lipinski definition) is 3. The summed E-state index contributed by atoms with van der Waals surface area (Å²) in [6.07, 6.45) is 1.31. The number of nitrogens with one attached hydrogen (secondary N) is 1. The summed E-state index contributed by atoms with van der Waals surface area (Å²) in [6.45, 7) is 5.41. The molecule has 3 heteroatoms. The van der Waals surface area contributed by atoms with E-state index < -0.39 is 0 Å². The highest BCUT2D eigenvalue weighted by Gasteiger charge is 2.21. The van der Waals surface area contributed by atoms with E-state index in [1.54, 1.807) is 0 Å². The highest BCUT2D eigenvalue weighted by Crippen LogP contribution is 2.15. The Kier molecular flexibility index (Phi) is 3.83. The monoisotopic (exact) mass is 157 g/mol. The maximum Gasteiger partial charge on any atom is 0.00745 e. The zero-order valence-corrected chi connectivity index (χ0v) is 7.34. The molecule has 0 aliphatic carbocycles. The molecule has 11 heavy (non-hydrogen) atoms. The fraction of sp³-hybridized carbons (Fsp3) is 1.00. The molecule has 1 aliphatic heterocycles. The SMILES string of the molecule is CN1CC(CCNCCN)C1. The molecular weight excluding hydrogens is 138 g/mol. The van der Waals surface area contributed by atoms with Crippen molar-refractivity contribution in [2.75, 3.05) is 39.8 Å². The van der Waals surface area contributed by atoms with Crippen LogP contribution in [0.5, 0.6) is 0 Å². The van der Waals surface area contributed by atoms with Crippen molar-refractivity contribution < 1.29 is 0 Å². The van der Waals surface area contributed by atoms with Crippen molar-refractivity contribution in [2.45, 2.75) is 6.42 Å². The molecule has 3 nitrogen and oxygen atoms in total. The van der Waals surface area contributed by atoms with Gasteiger partial charge in [0.25, 0.3) is 0 Å². The van der Waals surface area contributed by atoms with Gasteiger partial charge in [-0.15, -0.1) is 0 Å². The second-order valence-electron chi connectivity index (χ2n) is 3.41. The van der Waals surface area contributed by atoms with E-state index >= 15 is 0 Å². The number of hydrogen-bond donors (Lipinski definition) is 2. The molecule has 0 amide bonds. The van der Waals surface area contributed by atoms with Gasteiger partial charge in [0, 0.05) is 26.2 Å². The molecule has 1 saturated heterocycles. The zero-order chi connectivity index (χ0) is 8.10. The fourth-order valence-corrected chi connectivity index (χ4v) is 1.54. The number of rotatable bonds is 5. The fourth-order valence-electron chi connectivity index (χ4n) is 1.54. The molecule has 0 aromatic carbocycles. The van der Waals surface area contributed by atoms with Crippen molar-refractivity contribution in [1.82, 2.24) is 10.2 Å². The molecule has 3 N–H and O–H groups in total. The Labute approximate surface area is 68.9 Å². The summed E-state index contributed by atoms with van der Waals surface area (Å²) in [4.78, 5) is 2.35. The van der Waals surface area contributed by atoms with Crippen molar-refractivity contribution in [3.05, 3.63) is 0 Å². The summed E-state index contributed by atoms with van der Waals surface area (Å²) in [5.74, 6) is 0.935. The van der Waals surface area contributed by atoms with E-state index in [-0.39, 0.29) is 0 Å². The zero-order valence-electron chi connectivity index (χ0n) is 7.34. The van der Waals surface area contributed by atoms with Crippen molar-refractivity contribution in [3.63, 3.8) is 0 Å². The van der Waals surface area contributed by atoms with Gasteiger partial charge in [-0.3, -0.25) is 0 Å². The second kappa shape index (κ2) is 4.70. The minimum absolute atomic E-state index is 0.755. The van der Waals surface area contributed by atoms with E-state index in [2.05, 4.69) is 17.3 Å². The third-order valence-corrected chi connectivity index (χ3v) is 2.19. The normalized spacial score (nSPS) is 20.2. The average molecular weight is 157 g/mol. The van der Waals surface area contributed by atoms with Gasteiger partial charge in [-0.05, 0) is 25.9 Å². The molecular formula is C8H19N3. The van der Waals surface area contributed by atoms with Crippen LogP contribution in [-0.4, -0.2) is 44.7 Å². The summed E-state index contributed by atoms with van der Waals surface area (Å²) in [5, 5.41) is 3.31. The minimum Gasteiger partial charge on any atom is -0.329 e. The molecule has 0 saturated carbocycles. The molecule has 0 aromatic heterocycles. The molecule has 0 atom stereocenters. The van der Waals surface area contributed by atoms with Crippen LogP contribution < -0.4 is 11.1 Å². The predicted molar refractivity (Wildman–Crippen MR) is 47.5 cm³/mol. The third-order valence-electron chi connectivity index (χ3n) is 2.19. The predicted octanol–water partition coefficient (Wildman–Crippen LogP) is -0.514. The Morgan fingerprint density at radius 3 is 2.73 bits per heavy atom. The largest absolute Gasteiger partial charge is 0.329 e. The van der Waals surface area contributed by atoms with Crippen LogP contribution in [0.15, 0.2) is 0 Å². The van der Waals surface area contributed by atoms with E-state index in [1.165, 1.54) is 19.5 Å². The highest BCUT2D eigenvalue weighted by molar-refractivity contribution is 4.76. The Balaban J connectivity index is 1.81. The Morgan fingerprint density at radius 1 is 1.45 bits per heavy atom. The minimum atomic E-state index is 0.755. The Hall–Kier alpha value is -0.120.